The van der Waals surface area contributed by atoms with E-state index in [1.165, 1.54) is 37.7 Å². The van der Waals surface area contributed by atoms with Gasteiger partial charge in [-0.25, -0.2) is 0 Å². The molecule has 0 atom stereocenters. The molecule has 0 unspecified atom stereocenters. The van der Waals surface area contributed by atoms with Gasteiger partial charge in [-0.3, -0.25) is 0 Å². The lowest BCUT2D eigenvalue weighted by Gasteiger charge is -2.28. The van der Waals surface area contributed by atoms with Crippen molar-refractivity contribution in [2.45, 2.75) is 52.2 Å². The van der Waals surface area contributed by atoms with E-state index in [0.29, 0.717) is 6.61 Å². The molecule has 0 saturated heterocycles. The van der Waals surface area contributed by atoms with Gasteiger partial charge in [0.15, 0.2) is 11.5 Å². The maximum atomic E-state index is 6.02. The Kier molecular flexibility index (Phi) is 7.58. The summed E-state index contributed by atoms with van der Waals surface area (Å²) in [7, 11) is 1.69. The number of rotatable bonds is 9. The van der Waals surface area contributed by atoms with E-state index in [9.17, 15) is 0 Å². The minimum absolute atomic E-state index is 0.550. The molecule has 0 bridgehead atoms. The monoisotopic (exact) mass is 367 g/mol. The van der Waals surface area contributed by atoms with Gasteiger partial charge >= 0.3 is 0 Å². The normalized spacial score (nSPS) is 19.6. The minimum Gasteiger partial charge on any atom is -0.493 e. The highest BCUT2D eigenvalue weighted by Gasteiger charge is 2.19. The lowest BCUT2D eigenvalue weighted by atomic mass is 9.81. The third kappa shape index (κ3) is 6.00. The van der Waals surface area contributed by atoms with Gasteiger partial charge in [0.25, 0.3) is 0 Å². The molecule has 27 heavy (non-hydrogen) atoms. The van der Waals surface area contributed by atoms with Crippen molar-refractivity contribution in [1.29, 1.82) is 0 Å². The van der Waals surface area contributed by atoms with Crippen LogP contribution in [0.5, 0.6) is 11.5 Å². The Balaban J connectivity index is 1.50. The molecule has 0 aromatic heterocycles. The highest BCUT2D eigenvalue weighted by atomic mass is 16.5. The molecule has 2 aromatic rings. The Hall–Kier alpha value is -2.00. The SMILES string of the molecule is CCC1CCC(CNCc2ccc(OC)c(OCc3ccccc3)c2)CC1. The predicted molar refractivity (Wildman–Crippen MR) is 111 cm³/mol. The second kappa shape index (κ2) is 10.4. The minimum atomic E-state index is 0.550. The van der Waals surface area contributed by atoms with Crippen molar-refractivity contribution in [3.05, 3.63) is 59.7 Å². The summed E-state index contributed by atoms with van der Waals surface area (Å²) in [6.07, 6.45) is 6.91. The number of hydrogen-bond donors (Lipinski definition) is 1. The van der Waals surface area contributed by atoms with E-state index >= 15 is 0 Å². The predicted octanol–water partition coefficient (Wildman–Crippen LogP) is 5.58. The van der Waals surface area contributed by atoms with E-state index in [2.05, 4.69) is 36.5 Å². The van der Waals surface area contributed by atoms with E-state index < -0.39 is 0 Å². The third-order valence-corrected chi connectivity index (χ3v) is 5.77. The van der Waals surface area contributed by atoms with Crippen LogP contribution in [-0.2, 0) is 13.2 Å². The smallest absolute Gasteiger partial charge is 0.161 e. The van der Waals surface area contributed by atoms with Crippen molar-refractivity contribution < 1.29 is 9.47 Å². The van der Waals surface area contributed by atoms with Crippen LogP contribution in [-0.4, -0.2) is 13.7 Å². The quantitative estimate of drug-likeness (QED) is 0.627. The van der Waals surface area contributed by atoms with Crippen molar-refractivity contribution in [2.24, 2.45) is 11.8 Å². The molecule has 0 aliphatic heterocycles. The zero-order chi connectivity index (χ0) is 18.9. The van der Waals surface area contributed by atoms with Gasteiger partial charge in [0.05, 0.1) is 7.11 Å². The Bertz CT molecular complexity index is 678. The largest absolute Gasteiger partial charge is 0.493 e. The number of ether oxygens (including phenoxy) is 2. The summed E-state index contributed by atoms with van der Waals surface area (Å²) in [5, 5.41) is 3.65. The fraction of sp³-hybridized carbons (Fsp3) is 0.500. The van der Waals surface area contributed by atoms with Gasteiger partial charge < -0.3 is 14.8 Å². The molecular weight excluding hydrogens is 334 g/mol. The van der Waals surface area contributed by atoms with Crippen LogP contribution in [0.3, 0.4) is 0 Å². The summed E-state index contributed by atoms with van der Waals surface area (Å²) in [6.45, 7) is 4.86. The van der Waals surface area contributed by atoms with Crippen LogP contribution in [0.2, 0.25) is 0 Å². The molecule has 3 rings (SSSR count). The summed E-state index contributed by atoms with van der Waals surface area (Å²) in [5.74, 6) is 3.39. The summed E-state index contributed by atoms with van der Waals surface area (Å²) in [5.41, 5.74) is 2.40. The summed E-state index contributed by atoms with van der Waals surface area (Å²) < 4.78 is 11.5. The lowest BCUT2D eigenvalue weighted by molar-refractivity contribution is 0.262. The zero-order valence-corrected chi connectivity index (χ0v) is 16.7. The standard InChI is InChI=1S/C24H33NO2/c1-3-19-9-11-20(12-10-19)16-25-17-22-13-14-23(26-2)24(15-22)27-18-21-7-5-4-6-8-21/h4-8,13-15,19-20,25H,3,9-12,16-18H2,1-2H3. The van der Waals surface area contributed by atoms with Gasteiger partial charge in [0.1, 0.15) is 6.61 Å². The van der Waals surface area contributed by atoms with Crippen molar-refractivity contribution >= 4 is 0 Å². The van der Waals surface area contributed by atoms with Crippen LogP contribution >= 0.6 is 0 Å². The van der Waals surface area contributed by atoms with Crippen LogP contribution in [0.25, 0.3) is 0 Å². The first-order valence-corrected chi connectivity index (χ1v) is 10.3. The number of benzene rings is 2. The average Bonchev–Trinajstić information content (AvgIpc) is 2.73. The van der Waals surface area contributed by atoms with Crippen molar-refractivity contribution in [3.63, 3.8) is 0 Å². The summed E-state index contributed by atoms with van der Waals surface area (Å²) in [6, 6.07) is 16.5. The van der Waals surface area contributed by atoms with Crippen LogP contribution in [0.1, 0.15) is 50.2 Å². The Morgan fingerprint density at radius 2 is 1.63 bits per heavy atom. The maximum Gasteiger partial charge on any atom is 0.161 e. The zero-order valence-electron chi connectivity index (χ0n) is 16.7. The Morgan fingerprint density at radius 1 is 0.889 bits per heavy atom. The number of methoxy groups -OCH3 is 1. The molecule has 0 heterocycles. The summed E-state index contributed by atoms with van der Waals surface area (Å²) >= 11 is 0. The molecule has 2 aromatic carbocycles. The van der Waals surface area contributed by atoms with Crippen LogP contribution in [0, 0.1) is 11.8 Å². The highest BCUT2D eigenvalue weighted by Crippen LogP contribution is 2.31. The molecule has 3 nitrogen and oxygen atoms in total. The van der Waals surface area contributed by atoms with Gasteiger partial charge in [-0.1, -0.05) is 62.6 Å². The van der Waals surface area contributed by atoms with E-state index in [4.69, 9.17) is 9.47 Å². The molecule has 1 saturated carbocycles. The van der Waals surface area contributed by atoms with Gasteiger partial charge in [-0.2, -0.15) is 0 Å². The van der Waals surface area contributed by atoms with Gasteiger partial charge in [-0.15, -0.1) is 0 Å². The van der Waals surface area contributed by atoms with E-state index in [-0.39, 0.29) is 0 Å². The molecule has 146 valence electrons. The molecular formula is C24H33NO2. The van der Waals surface area contributed by atoms with E-state index in [1.54, 1.807) is 7.11 Å². The lowest BCUT2D eigenvalue weighted by Crippen LogP contribution is -2.26. The van der Waals surface area contributed by atoms with Crippen molar-refractivity contribution in [2.75, 3.05) is 13.7 Å². The fourth-order valence-electron chi connectivity index (χ4n) is 3.94. The molecule has 1 N–H and O–H groups in total. The second-order valence-corrected chi connectivity index (χ2v) is 7.69. The topological polar surface area (TPSA) is 30.5 Å². The third-order valence-electron chi connectivity index (χ3n) is 5.77. The van der Waals surface area contributed by atoms with Crippen LogP contribution in [0.4, 0.5) is 0 Å². The number of hydrogen-bond acceptors (Lipinski definition) is 3. The molecule has 0 amide bonds. The molecule has 3 heteroatoms. The second-order valence-electron chi connectivity index (χ2n) is 7.69. The first-order valence-electron chi connectivity index (χ1n) is 10.3. The molecule has 1 aliphatic rings. The molecule has 1 fully saturated rings. The Morgan fingerprint density at radius 3 is 2.33 bits per heavy atom. The fourth-order valence-corrected chi connectivity index (χ4v) is 3.94. The van der Waals surface area contributed by atoms with Crippen LogP contribution in [0.15, 0.2) is 48.5 Å². The molecule has 1 aliphatic carbocycles. The Labute approximate surface area is 164 Å². The first-order chi connectivity index (χ1) is 13.3. The van der Waals surface area contributed by atoms with Crippen molar-refractivity contribution in [1.82, 2.24) is 5.32 Å². The van der Waals surface area contributed by atoms with Crippen molar-refractivity contribution in [3.8, 4) is 11.5 Å². The van der Waals surface area contributed by atoms with Gasteiger partial charge in [0, 0.05) is 6.54 Å². The van der Waals surface area contributed by atoms with E-state index in [0.717, 1.165) is 42.0 Å². The maximum absolute atomic E-state index is 6.02. The van der Waals surface area contributed by atoms with Crippen LogP contribution < -0.4 is 14.8 Å². The first kappa shape index (κ1) is 19.8. The number of nitrogens with one attached hydrogen (secondary N) is 1. The molecule has 0 radical (unpaired) electrons. The van der Waals surface area contributed by atoms with Gasteiger partial charge in [0.2, 0.25) is 0 Å². The van der Waals surface area contributed by atoms with Gasteiger partial charge in [-0.05, 0) is 54.5 Å². The molecule has 0 spiro atoms. The highest BCUT2D eigenvalue weighted by molar-refractivity contribution is 5.43. The summed E-state index contributed by atoms with van der Waals surface area (Å²) in [4.78, 5) is 0. The van der Waals surface area contributed by atoms with E-state index in [1.807, 2.05) is 24.3 Å². The average molecular weight is 368 g/mol.